The van der Waals surface area contributed by atoms with E-state index in [-0.39, 0.29) is 17.0 Å². The largest absolute Gasteiger partial charge is 0.416 e. The Bertz CT molecular complexity index is 870. The van der Waals surface area contributed by atoms with Crippen LogP contribution in [0.15, 0.2) is 42.6 Å². The van der Waals surface area contributed by atoms with Crippen LogP contribution in [0.1, 0.15) is 16.1 Å². The number of imidazole rings is 1. The lowest BCUT2D eigenvalue weighted by molar-refractivity contribution is -0.137. The second-order valence-electron chi connectivity index (χ2n) is 4.55. The van der Waals surface area contributed by atoms with Crippen LogP contribution in [-0.4, -0.2) is 20.5 Å². The van der Waals surface area contributed by atoms with E-state index in [0.29, 0.717) is 5.65 Å². The summed E-state index contributed by atoms with van der Waals surface area (Å²) in [4.78, 5) is 15.6. The van der Waals surface area contributed by atoms with Crippen molar-refractivity contribution in [3.8, 4) is 11.3 Å². The minimum atomic E-state index is -4.49. The van der Waals surface area contributed by atoms with E-state index in [1.165, 1.54) is 22.8 Å². The Hall–Kier alpha value is -2.90. The first-order valence-corrected chi connectivity index (χ1v) is 6.19. The summed E-state index contributed by atoms with van der Waals surface area (Å²) in [5.41, 5.74) is 4.94. The van der Waals surface area contributed by atoms with Crippen LogP contribution in [0.5, 0.6) is 0 Å². The number of hydrogen-bond donors (Lipinski definition) is 1. The van der Waals surface area contributed by atoms with Gasteiger partial charge in [0.2, 0.25) is 0 Å². The Labute approximate surface area is 122 Å². The molecule has 0 fully saturated rings. The third-order valence-corrected chi connectivity index (χ3v) is 3.09. The third-order valence-electron chi connectivity index (χ3n) is 3.09. The standard InChI is InChI=1S/C14H9F3N4O/c15-14(16,17)9-4-1-3-8(7-9)12-11(13(18)22)20-10-5-2-6-19-21(10)12/h1-7H,(H2,18,22). The van der Waals surface area contributed by atoms with Crippen molar-refractivity contribution in [1.29, 1.82) is 0 Å². The molecule has 2 aromatic heterocycles. The first-order chi connectivity index (χ1) is 10.4. The molecule has 3 rings (SSSR count). The number of alkyl halides is 3. The van der Waals surface area contributed by atoms with Gasteiger partial charge in [0.05, 0.1) is 5.56 Å². The van der Waals surface area contributed by atoms with Crippen molar-refractivity contribution >= 4 is 11.6 Å². The Morgan fingerprint density at radius 3 is 2.64 bits per heavy atom. The summed E-state index contributed by atoms with van der Waals surface area (Å²) < 4.78 is 39.8. The zero-order chi connectivity index (χ0) is 15.9. The number of benzene rings is 1. The predicted octanol–water partition coefficient (Wildman–Crippen LogP) is 2.51. The van der Waals surface area contributed by atoms with Gasteiger partial charge in [-0.2, -0.15) is 18.3 Å². The van der Waals surface area contributed by atoms with Gasteiger partial charge in [0.15, 0.2) is 11.3 Å². The molecule has 3 aromatic rings. The highest BCUT2D eigenvalue weighted by molar-refractivity contribution is 5.98. The zero-order valence-electron chi connectivity index (χ0n) is 11.0. The second kappa shape index (κ2) is 4.83. The van der Waals surface area contributed by atoms with Gasteiger partial charge in [0, 0.05) is 11.8 Å². The number of halogens is 3. The SMILES string of the molecule is NC(=O)c1nc2cccnn2c1-c1cccc(C(F)(F)F)c1. The maximum absolute atomic E-state index is 12.9. The van der Waals surface area contributed by atoms with Gasteiger partial charge in [-0.1, -0.05) is 12.1 Å². The number of hydrogen-bond acceptors (Lipinski definition) is 3. The van der Waals surface area contributed by atoms with Crippen molar-refractivity contribution < 1.29 is 18.0 Å². The molecule has 0 spiro atoms. The minimum absolute atomic E-state index is 0.127. The molecule has 0 aliphatic carbocycles. The van der Waals surface area contributed by atoms with Crippen molar-refractivity contribution in [3.63, 3.8) is 0 Å². The molecule has 112 valence electrons. The van der Waals surface area contributed by atoms with Crippen LogP contribution in [-0.2, 0) is 6.18 Å². The Kier molecular flexibility index (Phi) is 3.09. The smallest absolute Gasteiger partial charge is 0.364 e. The molecular weight excluding hydrogens is 297 g/mol. The fourth-order valence-corrected chi connectivity index (χ4v) is 2.16. The fraction of sp³-hybridized carbons (Fsp3) is 0.0714. The van der Waals surface area contributed by atoms with Gasteiger partial charge in [-0.05, 0) is 24.3 Å². The van der Waals surface area contributed by atoms with Crippen molar-refractivity contribution in [3.05, 3.63) is 53.9 Å². The number of nitrogens with zero attached hydrogens (tertiary/aromatic N) is 3. The third kappa shape index (κ3) is 2.28. The van der Waals surface area contributed by atoms with Crippen molar-refractivity contribution in [2.24, 2.45) is 5.73 Å². The van der Waals surface area contributed by atoms with Crippen LogP contribution < -0.4 is 5.73 Å². The molecule has 2 heterocycles. The van der Waals surface area contributed by atoms with Gasteiger partial charge < -0.3 is 5.73 Å². The van der Waals surface area contributed by atoms with Crippen molar-refractivity contribution in [1.82, 2.24) is 14.6 Å². The Morgan fingerprint density at radius 2 is 1.95 bits per heavy atom. The van der Waals surface area contributed by atoms with E-state index in [4.69, 9.17) is 5.73 Å². The van der Waals surface area contributed by atoms with Gasteiger partial charge in [-0.25, -0.2) is 9.50 Å². The number of carbonyl (C=O) groups excluding carboxylic acids is 1. The normalized spacial score (nSPS) is 11.8. The number of carbonyl (C=O) groups is 1. The topological polar surface area (TPSA) is 73.3 Å². The molecule has 0 atom stereocenters. The van der Waals surface area contributed by atoms with Crippen LogP contribution in [0.3, 0.4) is 0 Å². The number of amides is 1. The fourth-order valence-electron chi connectivity index (χ4n) is 2.16. The Morgan fingerprint density at radius 1 is 1.18 bits per heavy atom. The van der Waals surface area contributed by atoms with Crippen LogP contribution in [0.4, 0.5) is 13.2 Å². The van der Waals surface area contributed by atoms with Gasteiger partial charge in [0.1, 0.15) is 5.69 Å². The molecule has 0 saturated heterocycles. The molecule has 5 nitrogen and oxygen atoms in total. The summed E-state index contributed by atoms with van der Waals surface area (Å²) >= 11 is 0. The number of rotatable bonds is 2. The lowest BCUT2D eigenvalue weighted by atomic mass is 10.1. The zero-order valence-corrected chi connectivity index (χ0v) is 11.0. The highest BCUT2D eigenvalue weighted by Crippen LogP contribution is 2.33. The molecule has 0 radical (unpaired) electrons. The van der Waals surface area contributed by atoms with Crippen LogP contribution in [0, 0.1) is 0 Å². The second-order valence-corrected chi connectivity index (χ2v) is 4.55. The van der Waals surface area contributed by atoms with E-state index in [1.807, 2.05) is 0 Å². The summed E-state index contributed by atoms with van der Waals surface area (Å²) in [6, 6.07) is 7.76. The summed E-state index contributed by atoms with van der Waals surface area (Å²) in [7, 11) is 0. The number of aromatic nitrogens is 3. The van der Waals surface area contributed by atoms with Gasteiger partial charge in [-0.15, -0.1) is 0 Å². The first kappa shape index (κ1) is 14.1. The monoisotopic (exact) mass is 306 g/mol. The summed E-state index contributed by atoms with van der Waals surface area (Å²) in [5, 5.41) is 4.02. The van der Waals surface area contributed by atoms with E-state index in [2.05, 4.69) is 10.1 Å². The van der Waals surface area contributed by atoms with Crippen LogP contribution >= 0.6 is 0 Å². The predicted molar refractivity (Wildman–Crippen MR) is 71.9 cm³/mol. The van der Waals surface area contributed by atoms with Crippen LogP contribution in [0.2, 0.25) is 0 Å². The van der Waals surface area contributed by atoms with Gasteiger partial charge in [-0.3, -0.25) is 4.79 Å². The Balaban J connectivity index is 2.30. The quantitative estimate of drug-likeness (QED) is 0.790. The highest BCUT2D eigenvalue weighted by Gasteiger charge is 2.31. The lowest BCUT2D eigenvalue weighted by Crippen LogP contribution is -2.13. The average molecular weight is 306 g/mol. The molecule has 1 amide bonds. The van der Waals surface area contributed by atoms with E-state index < -0.39 is 17.6 Å². The molecule has 0 aliphatic rings. The van der Waals surface area contributed by atoms with Gasteiger partial charge >= 0.3 is 6.18 Å². The van der Waals surface area contributed by atoms with Crippen molar-refractivity contribution in [2.75, 3.05) is 0 Å². The molecule has 0 bridgehead atoms. The molecule has 0 aliphatic heterocycles. The molecular formula is C14H9F3N4O. The molecule has 8 heteroatoms. The van der Waals surface area contributed by atoms with Crippen LogP contribution in [0.25, 0.3) is 16.9 Å². The number of nitrogens with two attached hydrogens (primary N) is 1. The number of primary amides is 1. The maximum Gasteiger partial charge on any atom is 0.416 e. The van der Waals surface area contributed by atoms with E-state index in [1.54, 1.807) is 12.1 Å². The van der Waals surface area contributed by atoms with E-state index >= 15 is 0 Å². The average Bonchev–Trinajstić information content (AvgIpc) is 2.86. The molecule has 22 heavy (non-hydrogen) atoms. The maximum atomic E-state index is 12.9. The first-order valence-electron chi connectivity index (χ1n) is 6.19. The van der Waals surface area contributed by atoms with E-state index in [0.717, 1.165) is 12.1 Å². The summed E-state index contributed by atoms with van der Waals surface area (Å²) in [6.07, 6.45) is -3.05. The highest BCUT2D eigenvalue weighted by atomic mass is 19.4. The molecule has 2 N–H and O–H groups in total. The summed E-state index contributed by atoms with van der Waals surface area (Å²) in [6.45, 7) is 0. The number of fused-ring (bicyclic) bond motifs is 1. The minimum Gasteiger partial charge on any atom is -0.364 e. The molecule has 0 unspecified atom stereocenters. The van der Waals surface area contributed by atoms with Crippen molar-refractivity contribution in [2.45, 2.75) is 6.18 Å². The summed E-state index contributed by atoms with van der Waals surface area (Å²) in [5.74, 6) is -0.835. The van der Waals surface area contributed by atoms with E-state index in [9.17, 15) is 18.0 Å². The lowest BCUT2D eigenvalue weighted by Gasteiger charge is -2.09. The van der Waals surface area contributed by atoms with Gasteiger partial charge in [0.25, 0.3) is 5.91 Å². The molecule has 0 saturated carbocycles. The molecule has 1 aromatic carbocycles.